The van der Waals surface area contributed by atoms with Gasteiger partial charge in [-0.2, -0.15) is 31.4 Å². The standard InChI is InChI=1S/C28H20F7N3O2/c29-19-5-10-25-16(12-19)3-7-22(21-8-4-18(27(30,31)32)13-23(21)28(33,34)35)26(39)38(25)11-1-2-20-6-9-24(37-36-20)17-14-40-15-17/h4-6,8-10,12-13,17,22H,3,7,11,14-15H2. The maximum atomic E-state index is 14.0. The van der Waals surface area contributed by atoms with Gasteiger partial charge in [-0.25, -0.2) is 4.39 Å². The fourth-order valence-corrected chi connectivity index (χ4v) is 4.72. The lowest BCUT2D eigenvalue weighted by Crippen LogP contribution is -2.35. The van der Waals surface area contributed by atoms with Gasteiger partial charge in [0, 0.05) is 11.6 Å². The molecule has 1 amide bonds. The molecule has 5 nitrogen and oxygen atoms in total. The molecule has 2 aromatic carbocycles. The molecule has 5 rings (SSSR count). The number of alkyl halides is 6. The molecular formula is C28H20F7N3O2. The Kier molecular flexibility index (Phi) is 7.27. The van der Waals surface area contributed by atoms with Crippen LogP contribution in [-0.4, -0.2) is 35.9 Å². The van der Waals surface area contributed by atoms with Crippen LogP contribution in [0.3, 0.4) is 0 Å². The fourth-order valence-electron chi connectivity index (χ4n) is 4.72. The van der Waals surface area contributed by atoms with E-state index in [4.69, 9.17) is 4.74 Å². The van der Waals surface area contributed by atoms with Crippen molar-refractivity contribution >= 4 is 11.6 Å². The number of nitrogens with zero attached hydrogens (tertiary/aromatic N) is 3. The summed E-state index contributed by atoms with van der Waals surface area (Å²) in [5.41, 5.74) is -1.94. The van der Waals surface area contributed by atoms with Crippen LogP contribution in [0.5, 0.6) is 0 Å². The van der Waals surface area contributed by atoms with Crippen molar-refractivity contribution in [3.63, 3.8) is 0 Å². The number of anilines is 1. The van der Waals surface area contributed by atoms with E-state index in [-0.39, 0.29) is 37.1 Å². The zero-order chi connectivity index (χ0) is 28.7. The second-order valence-electron chi connectivity index (χ2n) is 9.47. The van der Waals surface area contributed by atoms with E-state index in [0.29, 0.717) is 36.6 Å². The Hall–Kier alpha value is -3.98. The minimum Gasteiger partial charge on any atom is -0.380 e. The molecule has 3 heterocycles. The van der Waals surface area contributed by atoms with Crippen LogP contribution in [0.1, 0.15) is 51.9 Å². The fraction of sp³-hybridized carbons (Fsp3) is 0.321. The average Bonchev–Trinajstić information content (AvgIpc) is 2.98. The van der Waals surface area contributed by atoms with E-state index in [1.807, 2.05) is 0 Å². The van der Waals surface area contributed by atoms with Gasteiger partial charge in [-0.05, 0) is 72.4 Å². The molecule has 208 valence electrons. The molecule has 0 saturated carbocycles. The van der Waals surface area contributed by atoms with E-state index in [1.165, 1.54) is 12.1 Å². The van der Waals surface area contributed by atoms with Crippen molar-refractivity contribution in [2.45, 2.75) is 37.0 Å². The highest BCUT2D eigenvalue weighted by Crippen LogP contribution is 2.43. The number of hydrogen-bond donors (Lipinski definition) is 0. The number of aromatic nitrogens is 2. The van der Waals surface area contributed by atoms with Crippen LogP contribution in [0, 0.1) is 17.7 Å². The normalized spacial score (nSPS) is 17.9. The number of fused-ring (bicyclic) bond motifs is 1. The van der Waals surface area contributed by atoms with Crippen molar-refractivity contribution in [1.82, 2.24) is 10.2 Å². The predicted octanol–water partition coefficient (Wildman–Crippen LogP) is 5.88. The Morgan fingerprint density at radius 1 is 0.950 bits per heavy atom. The van der Waals surface area contributed by atoms with Crippen LogP contribution >= 0.6 is 0 Å². The number of halogens is 7. The van der Waals surface area contributed by atoms with Crippen molar-refractivity contribution < 1.29 is 40.3 Å². The first-order chi connectivity index (χ1) is 18.9. The number of carbonyl (C=O) groups excluding carboxylic acids is 1. The summed E-state index contributed by atoms with van der Waals surface area (Å²) in [7, 11) is 0. The van der Waals surface area contributed by atoms with E-state index in [2.05, 4.69) is 22.0 Å². The molecule has 1 fully saturated rings. The number of aryl methyl sites for hydroxylation is 1. The first kappa shape index (κ1) is 27.6. The van der Waals surface area contributed by atoms with Crippen molar-refractivity contribution in [3.05, 3.63) is 88.0 Å². The van der Waals surface area contributed by atoms with Crippen molar-refractivity contribution in [3.8, 4) is 11.8 Å². The molecule has 0 N–H and O–H groups in total. The van der Waals surface area contributed by atoms with Gasteiger partial charge in [0.25, 0.3) is 0 Å². The molecule has 0 spiro atoms. The SMILES string of the molecule is O=C1C(c2ccc(C(F)(F)F)cc2C(F)(F)F)CCc2cc(F)ccc2N1CC#Cc1ccc(C2COC2)nn1. The topological polar surface area (TPSA) is 55.3 Å². The molecule has 2 aliphatic heterocycles. The van der Waals surface area contributed by atoms with Crippen LogP contribution in [0.15, 0.2) is 48.5 Å². The summed E-state index contributed by atoms with van der Waals surface area (Å²) in [5, 5.41) is 8.15. The molecular weight excluding hydrogens is 543 g/mol. The largest absolute Gasteiger partial charge is 0.416 e. The summed E-state index contributed by atoms with van der Waals surface area (Å²) in [5.74, 6) is 2.85. The third-order valence-corrected chi connectivity index (χ3v) is 6.86. The van der Waals surface area contributed by atoms with E-state index < -0.39 is 46.7 Å². The second-order valence-corrected chi connectivity index (χ2v) is 9.47. The minimum absolute atomic E-state index is 0.0164. The van der Waals surface area contributed by atoms with Crippen LogP contribution in [0.25, 0.3) is 0 Å². The number of ether oxygens (including phenoxy) is 1. The van der Waals surface area contributed by atoms with Gasteiger partial charge in [-0.1, -0.05) is 12.0 Å². The summed E-state index contributed by atoms with van der Waals surface area (Å²) in [6.45, 7) is 0.815. The average molecular weight is 563 g/mol. The lowest BCUT2D eigenvalue weighted by atomic mass is 9.88. The summed E-state index contributed by atoms with van der Waals surface area (Å²) in [6, 6.07) is 8.25. The van der Waals surface area contributed by atoms with Gasteiger partial charge in [0.15, 0.2) is 0 Å². The number of carbonyl (C=O) groups is 1. The highest BCUT2D eigenvalue weighted by atomic mass is 19.4. The minimum atomic E-state index is -5.15. The van der Waals surface area contributed by atoms with Gasteiger partial charge in [-0.15, -0.1) is 5.10 Å². The molecule has 12 heteroatoms. The molecule has 0 aliphatic carbocycles. The van der Waals surface area contributed by atoms with Gasteiger partial charge in [0.1, 0.15) is 11.5 Å². The summed E-state index contributed by atoms with van der Waals surface area (Å²) in [4.78, 5) is 14.8. The van der Waals surface area contributed by atoms with Crippen molar-refractivity contribution in [1.29, 1.82) is 0 Å². The maximum Gasteiger partial charge on any atom is 0.416 e. The highest BCUT2D eigenvalue weighted by Gasteiger charge is 2.42. The van der Waals surface area contributed by atoms with Crippen LogP contribution < -0.4 is 4.90 Å². The van der Waals surface area contributed by atoms with Gasteiger partial charge in [0.2, 0.25) is 5.91 Å². The van der Waals surface area contributed by atoms with Crippen LogP contribution in [-0.2, 0) is 28.3 Å². The maximum absolute atomic E-state index is 14.0. The van der Waals surface area contributed by atoms with E-state index in [1.54, 1.807) is 12.1 Å². The monoisotopic (exact) mass is 563 g/mol. The van der Waals surface area contributed by atoms with Gasteiger partial charge < -0.3 is 4.74 Å². The molecule has 0 radical (unpaired) electrons. The van der Waals surface area contributed by atoms with Gasteiger partial charge in [0.05, 0.1) is 42.5 Å². The number of hydrogen-bond acceptors (Lipinski definition) is 4. The van der Waals surface area contributed by atoms with E-state index >= 15 is 0 Å². The Labute approximate surface area is 224 Å². The first-order valence-corrected chi connectivity index (χ1v) is 12.2. The van der Waals surface area contributed by atoms with Crippen molar-refractivity contribution in [2.24, 2.45) is 0 Å². The third kappa shape index (κ3) is 5.65. The number of rotatable bonds is 3. The van der Waals surface area contributed by atoms with Crippen molar-refractivity contribution in [2.75, 3.05) is 24.7 Å². The molecule has 0 bridgehead atoms. The Bertz CT molecular complexity index is 1490. The molecule has 2 aliphatic rings. The Balaban J connectivity index is 1.49. The molecule has 1 unspecified atom stereocenters. The number of amides is 1. The number of benzene rings is 2. The molecule has 1 saturated heterocycles. The molecule has 1 atom stereocenters. The molecule has 3 aromatic rings. The Morgan fingerprint density at radius 3 is 2.35 bits per heavy atom. The van der Waals surface area contributed by atoms with E-state index in [9.17, 15) is 35.5 Å². The summed E-state index contributed by atoms with van der Waals surface area (Å²) >= 11 is 0. The third-order valence-electron chi connectivity index (χ3n) is 6.86. The molecule has 1 aromatic heterocycles. The van der Waals surface area contributed by atoms with Gasteiger partial charge >= 0.3 is 12.4 Å². The predicted molar refractivity (Wildman–Crippen MR) is 129 cm³/mol. The zero-order valence-corrected chi connectivity index (χ0v) is 20.6. The zero-order valence-electron chi connectivity index (χ0n) is 20.6. The summed E-state index contributed by atoms with van der Waals surface area (Å²) < 4.78 is 101. The smallest absolute Gasteiger partial charge is 0.380 e. The lowest BCUT2D eigenvalue weighted by Gasteiger charge is -2.26. The van der Waals surface area contributed by atoms with Crippen LogP contribution in [0.2, 0.25) is 0 Å². The van der Waals surface area contributed by atoms with Crippen LogP contribution in [0.4, 0.5) is 36.4 Å². The second kappa shape index (κ2) is 10.5. The quantitative estimate of drug-likeness (QED) is 0.295. The first-order valence-electron chi connectivity index (χ1n) is 12.2. The molecule has 40 heavy (non-hydrogen) atoms. The lowest BCUT2D eigenvalue weighted by molar-refractivity contribution is -0.143. The Morgan fingerprint density at radius 2 is 1.73 bits per heavy atom. The highest BCUT2D eigenvalue weighted by molar-refractivity contribution is 6.00. The van der Waals surface area contributed by atoms with E-state index in [0.717, 1.165) is 16.7 Å². The van der Waals surface area contributed by atoms with Gasteiger partial charge in [-0.3, -0.25) is 9.69 Å². The summed E-state index contributed by atoms with van der Waals surface area (Å²) in [6.07, 6.45) is -10.3.